The number of benzene rings is 2. The molecule has 124 valence electrons. The van der Waals surface area contributed by atoms with E-state index in [9.17, 15) is 0 Å². The summed E-state index contributed by atoms with van der Waals surface area (Å²) in [5.74, 6) is 2.51. The average Bonchev–Trinajstić information content (AvgIpc) is 2.62. The first-order valence-electron chi connectivity index (χ1n) is 9.26. The van der Waals surface area contributed by atoms with E-state index in [1.165, 1.54) is 48.8 Å². The fourth-order valence-electron chi connectivity index (χ4n) is 4.08. The van der Waals surface area contributed by atoms with Crippen LogP contribution in [0.25, 0.3) is 11.1 Å². The predicted octanol–water partition coefficient (Wildman–Crippen LogP) is 6.55. The summed E-state index contributed by atoms with van der Waals surface area (Å²) < 4.78 is 0. The highest BCUT2D eigenvalue weighted by Gasteiger charge is 2.22. The van der Waals surface area contributed by atoms with Crippen molar-refractivity contribution < 1.29 is 0 Å². The Kier molecular flexibility index (Phi) is 5.36. The molecule has 3 rings (SSSR count). The topological polar surface area (TPSA) is 23.8 Å². The minimum atomic E-state index is 0.716. The van der Waals surface area contributed by atoms with Gasteiger partial charge in [-0.15, -0.1) is 0 Å². The largest absolute Gasteiger partial charge is 0.192 e. The third-order valence-electron chi connectivity index (χ3n) is 5.38. The molecule has 0 saturated heterocycles. The SMILES string of the molecule is CC(C)C[C@H]1CC[C@H](c2ccc(-c3ccc(C#N)cc3)cc2)CC1. The van der Waals surface area contributed by atoms with Crippen LogP contribution in [0.4, 0.5) is 0 Å². The fourth-order valence-corrected chi connectivity index (χ4v) is 4.08. The van der Waals surface area contributed by atoms with Gasteiger partial charge in [-0.25, -0.2) is 0 Å². The summed E-state index contributed by atoms with van der Waals surface area (Å²) in [5.41, 5.74) is 4.63. The van der Waals surface area contributed by atoms with Crippen LogP contribution in [0.2, 0.25) is 0 Å². The van der Waals surface area contributed by atoms with Crippen molar-refractivity contribution in [2.75, 3.05) is 0 Å². The van der Waals surface area contributed by atoms with Gasteiger partial charge in [0.2, 0.25) is 0 Å². The normalized spacial score (nSPS) is 20.8. The molecule has 0 bridgehead atoms. The lowest BCUT2D eigenvalue weighted by molar-refractivity contribution is 0.283. The first-order chi connectivity index (χ1) is 11.7. The molecule has 1 nitrogen and oxygen atoms in total. The van der Waals surface area contributed by atoms with Crippen LogP contribution in [-0.4, -0.2) is 0 Å². The van der Waals surface area contributed by atoms with Crippen molar-refractivity contribution in [3.05, 3.63) is 59.7 Å². The number of nitrogens with zero attached hydrogens (tertiary/aromatic N) is 1. The van der Waals surface area contributed by atoms with Crippen molar-refractivity contribution in [3.8, 4) is 17.2 Å². The van der Waals surface area contributed by atoms with Gasteiger partial charge in [0.05, 0.1) is 11.6 Å². The Morgan fingerprint density at radius 1 is 0.875 bits per heavy atom. The summed E-state index contributed by atoms with van der Waals surface area (Å²) in [4.78, 5) is 0. The van der Waals surface area contributed by atoms with E-state index in [4.69, 9.17) is 5.26 Å². The summed E-state index contributed by atoms with van der Waals surface area (Å²) >= 11 is 0. The van der Waals surface area contributed by atoms with Gasteiger partial charge in [-0.3, -0.25) is 0 Å². The molecule has 1 aliphatic carbocycles. The van der Waals surface area contributed by atoms with Crippen LogP contribution < -0.4 is 0 Å². The summed E-state index contributed by atoms with van der Waals surface area (Å²) in [6.07, 6.45) is 6.85. The zero-order chi connectivity index (χ0) is 16.9. The molecule has 0 unspecified atom stereocenters. The first-order valence-corrected chi connectivity index (χ1v) is 9.26. The van der Waals surface area contributed by atoms with Gasteiger partial charge in [0, 0.05) is 0 Å². The van der Waals surface area contributed by atoms with E-state index in [-0.39, 0.29) is 0 Å². The number of hydrogen-bond donors (Lipinski definition) is 0. The third-order valence-corrected chi connectivity index (χ3v) is 5.38. The molecule has 2 aromatic rings. The monoisotopic (exact) mass is 317 g/mol. The maximum atomic E-state index is 8.90. The molecular formula is C23H27N. The van der Waals surface area contributed by atoms with E-state index >= 15 is 0 Å². The van der Waals surface area contributed by atoms with Crippen molar-refractivity contribution in [3.63, 3.8) is 0 Å². The zero-order valence-corrected chi connectivity index (χ0v) is 14.8. The standard InChI is InChI=1S/C23H27N/c1-17(2)15-18-3-7-20(8-4-18)22-11-13-23(14-12-22)21-9-5-19(16-24)6-10-21/h5-6,9-14,17-18,20H,3-4,7-8,15H2,1-2H3/t18-,20-. The van der Waals surface area contributed by atoms with Crippen LogP contribution in [0, 0.1) is 23.2 Å². The molecule has 0 spiro atoms. The molecule has 0 aliphatic heterocycles. The predicted molar refractivity (Wildman–Crippen MR) is 101 cm³/mol. The molecule has 24 heavy (non-hydrogen) atoms. The molecule has 1 heteroatoms. The minimum Gasteiger partial charge on any atom is -0.192 e. The Balaban J connectivity index is 1.63. The Morgan fingerprint density at radius 3 is 1.92 bits per heavy atom. The van der Waals surface area contributed by atoms with Crippen molar-refractivity contribution in [1.29, 1.82) is 5.26 Å². The van der Waals surface area contributed by atoms with E-state index in [2.05, 4.69) is 44.2 Å². The van der Waals surface area contributed by atoms with Crippen LogP contribution in [0.5, 0.6) is 0 Å². The second-order valence-corrected chi connectivity index (χ2v) is 7.66. The molecular weight excluding hydrogens is 290 g/mol. The average molecular weight is 317 g/mol. The molecule has 0 aromatic heterocycles. The second kappa shape index (κ2) is 7.67. The van der Waals surface area contributed by atoms with E-state index in [1.54, 1.807) is 0 Å². The van der Waals surface area contributed by atoms with Crippen molar-refractivity contribution in [2.24, 2.45) is 11.8 Å². The van der Waals surface area contributed by atoms with Crippen molar-refractivity contribution in [2.45, 2.75) is 51.9 Å². The summed E-state index contributed by atoms with van der Waals surface area (Å²) in [5, 5.41) is 8.90. The van der Waals surface area contributed by atoms with Crippen LogP contribution >= 0.6 is 0 Å². The van der Waals surface area contributed by atoms with E-state index < -0.39 is 0 Å². The van der Waals surface area contributed by atoms with E-state index in [1.807, 2.05) is 24.3 Å². The van der Waals surface area contributed by atoms with Gasteiger partial charge in [0.25, 0.3) is 0 Å². The van der Waals surface area contributed by atoms with Crippen molar-refractivity contribution >= 4 is 0 Å². The number of nitriles is 1. The molecule has 0 heterocycles. The van der Waals surface area contributed by atoms with Gasteiger partial charge in [-0.1, -0.05) is 50.2 Å². The Labute approximate surface area is 146 Å². The van der Waals surface area contributed by atoms with Gasteiger partial charge < -0.3 is 0 Å². The Hall–Kier alpha value is -2.07. The lowest BCUT2D eigenvalue weighted by Crippen LogP contribution is -2.14. The molecule has 0 amide bonds. The van der Waals surface area contributed by atoms with Crippen LogP contribution in [0.15, 0.2) is 48.5 Å². The minimum absolute atomic E-state index is 0.716. The van der Waals surface area contributed by atoms with Gasteiger partial charge in [0.15, 0.2) is 0 Å². The lowest BCUT2D eigenvalue weighted by atomic mass is 9.76. The lowest BCUT2D eigenvalue weighted by Gasteiger charge is -2.29. The van der Waals surface area contributed by atoms with Crippen molar-refractivity contribution in [1.82, 2.24) is 0 Å². The van der Waals surface area contributed by atoms with Gasteiger partial charge in [0.1, 0.15) is 0 Å². The second-order valence-electron chi connectivity index (χ2n) is 7.66. The smallest absolute Gasteiger partial charge is 0.0991 e. The fraction of sp³-hybridized carbons (Fsp3) is 0.435. The maximum Gasteiger partial charge on any atom is 0.0991 e. The Bertz CT molecular complexity index is 680. The van der Waals surface area contributed by atoms with Gasteiger partial charge in [-0.2, -0.15) is 5.26 Å². The van der Waals surface area contributed by atoms with E-state index in [0.717, 1.165) is 17.8 Å². The van der Waals surface area contributed by atoms with Crippen LogP contribution in [0.1, 0.15) is 63.0 Å². The number of hydrogen-bond acceptors (Lipinski definition) is 1. The zero-order valence-electron chi connectivity index (χ0n) is 14.8. The molecule has 2 aromatic carbocycles. The summed E-state index contributed by atoms with van der Waals surface area (Å²) in [7, 11) is 0. The highest BCUT2D eigenvalue weighted by atomic mass is 14.3. The third kappa shape index (κ3) is 4.06. The molecule has 0 radical (unpaired) electrons. The number of rotatable bonds is 4. The van der Waals surface area contributed by atoms with Gasteiger partial charge >= 0.3 is 0 Å². The highest BCUT2D eigenvalue weighted by Crippen LogP contribution is 2.38. The van der Waals surface area contributed by atoms with Crippen LogP contribution in [0.3, 0.4) is 0 Å². The molecule has 0 N–H and O–H groups in total. The molecule has 1 saturated carbocycles. The summed E-state index contributed by atoms with van der Waals surface area (Å²) in [6.45, 7) is 4.68. The highest BCUT2D eigenvalue weighted by molar-refractivity contribution is 5.64. The van der Waals surface area contributed by atoms with Crippen LogP contribution in [-0.2, 0) is 0 Å². The Morgan fingerprint density at radius 2 is 1.42 bits per heavy atom. The molecule has 1 aliphatic rings. The maximum absolute atomic E-state index is 8.90. The van der Waals surface area contributed by atoms with Gasteiger partial charge in [-0.05, 0) is 78.7 Å². The summed E-state index contributed by atoms with van der Waals surface area (Å²) in [6, 6.07) is 19.1. The van der Waals surface area contributed by atoms with E-state index in [0.29, 0.717) is 5.56 Å². The molecule has 1 fully saturated rings. The first kappa shape index (κ1) is 16.8. The molecule has 0 atom stereocenters. The quantitative estimate of drug-likeness (QED) is 0.627.